The smallest absolute Gasteiger partial charge is 0.399 e. The van der Waals surface area contributed by atoms with Crippen molar-refractivity contribution in [1.29, 1.82) is 0 Å². The lowest BCUT2D eigenvalue weighted by Gasteiger charge is -2.32. The van der Waals surface area contributed by atoms with Gasteiger partial charge in [-0.05, 0) is 58.1 Å². The fraction of sp³-hybridized carbons (Fsp3) is 0.588. The number of thiazole rings is 1. The molecule has 4 rings (SSSR count). The number of rotatable bonds is 3. The highest BCUT2D eigenvalue weighted by atomic mass is 32.1. The third-order valence-electron chi connectivity index (χ3n) is 5.64. The van der Waals surface area contributed by atoms with Gasteiger partial charge in [0.15, 0.2) is 0 Å². The van der Waals surface area contributed by atoms with Crippen LogP contribution in [0.5, 0.6) is 0 Å². The van der Waals surface area contributed by atoms with E-state index in [-0.39, 0.29) is 23.7 Å². The number of nitrogens with zero attached hydrogens (tertiary/aromatic N) is 1. The standard InChI is InChI=1S/C17H23BN2O2S/c1-15(2)16(3,4)22-18(21-15)11-5-6-13-12(9-11)20-14(23-13)17(10-19)7-8-17/h5-6,9H,7-8,10,19H2,1-4H3. The van der Waals surface area contributed by atoms with E-state index in [2.05, 4.69) is 45.9 Å². The second kappa shape index (κ2) is 4.79. The van der Waals surface area contributed by atoms with E-state index in [1.807, 2.05) is 0 Å². The molecule has 0 bridgehead atoms. The summed E-state index contributed by atoms with van der Waals surface area (Å²) in [5.74, 6) is 0. The molecule has 1 aliphatic heterocycles. The molecule has 0 unspecified atom stereocenters. The molecule has 2 aromatic rings. The van der Waals surface area contributed by atoms with Crippen LogP contribution < -0.4 is 11.2 Å². The summed E-state index contributed by atoms with van der Waals surface area (Å²) >= 11 is 1.77. The number of hydrogen-bond acceptors (Lipinski definition) is 5. The van der Waals surface area contributed by atoms with Crippen molar-refractivity contribution in [2.75, 3.05) is 6.54 Å². The summed E-state index contributed by atoms with van der Waals surface area (Å²) < 4.78 is 13.5. The number of fused-ring (bicyclic) bond motifs is 1. The minimum atomic E-state index is -0.334. The molecule has 1 saturated heterocycles. The van der Waals surface area contributed by atoms with E-state index in [9.17, 15) is 0 Å². The molecule has 122 valence electrons. The quantitative estimate of drug-likeness (QED) is 0.879. The molecule has 1 aromatic heterocycles. The van der Waals surface area contributed by atoms with Gasteiger partial charge in [-0.3, -0.25) is 0 Å². The normalized spacial score (nSPS) is 24.3. The number of aromatic nitrogens is 1. The van der Waals surface area contributed by atoms with Crippen molar-refractivity contribution in [2.24, 2.45) is 5.73 Å². The van der Waals surface area contributed by atoms with Gasteiger partial charge in [0.05, 0.1) is 21.4 Å². The highest BCUT2D eigenvalue weighted by Gasteiger charge is 2.52. The molecule has 0 radical (unpaired) electrons. The number of nitrogens with two attached hydrogens (primary N) is 1. The predicted octanol–water partition coefficient (Wildman–Crippen LogP) is 2.59. The van der Waals surface area contributed by atoms with Crippen LogP contribution in [0.4, 0.5) is 0 Å². The van der Waals surface area contributed by atoms with Gasteiger partial charge < -0.3 is 15.0 Å². The summed E-state index contributed by atoms with van der Waals surface area (Å²) in [7, 11) is -0.334. The summed E-state index contributed by atoms with van der Waals surface area (Å²) in [6.07, 6.45) is 2.32. The molecule has 2 N–H and O–H groups in total. The van der Waals surface area contributed by atoms with Gasteiger partial charge in [-0.15, -0.1) is 11.3 Å². The first kappa shape index (κ1) is 15.6. The van der Waals surface area contributed by atoms with Gasteiger partial charge >= 0.3 is 7.12 Å². The molecule has 6 heteroatoms. The maximum Gasteiger partial charge on any atom is 0.494 e. The van der Waals surface area contributed by atoms with Crippen LogP contribution in [0.2, 0.25) is 0 Å². The Morgan fingerprint density at radius 3 is 2.39 bits per heavy atom. The minimum Gasteiger partial charge on any atom is -0.399 e. The van der Waals surface area contributed by atoms with E-state index < -0.39 is 0 Å². The third kappa shape index (κ3) is 2.35. The SMILES string of the molecule is CC1(C)OB(c2ccc3sc(C4(CN)CC4)nc3c2)OC1(C)C. The fourth-order valence-corrected chi connectivity index (χ4v) is 4.15. The lowest BCUT2D eigenvalue weighted by atomic mass is 9.79. The van der Waals surface area contributed by atoms with Gasteiger partial charge in [-0.25, -0.2) is 4.98 Å². The van der Waals surface area contributed by atoms with Gasteiger partial charge in [0.2, 0.25) is 0 Å². The highest BCUT2D eigenvalue weighted by molar-refractivity contribution is 7.18. The first-order chi connectivity index (χ1) is 10.8. The van der Waals surface area contributed by atoms with Crippen molar-refractivity contribution in [3.8, 4) is 0 Å². The topological polar surface area (TPSA) is 57.4 Å². The van der Waals surface area contributed by atoms with Crippen molar-refractivity contribution in [1.82, 2.24) is 4.98 Å². The van der Waals surface area contributed by atoms with Crippen LogP contribution in [-0.4, -0.2) is 29.8 Å². The Kier molecular flexibility index (Phi) is 3.24. The molecule has 2 fully saturated rings. The largest absolute Gasteiger partial charge is 0.494 e. The Bertz CT molecular complexity index is 751. The van der Waals surface area contributed by atoms with Crippen LogP contribution in [-0.2, 0) is 14.7 Å². The number of benzene rings is 1. The zero-order valence-corrected chi connectivity index (χ0v) is 15.0. The molecular weight excluding hydrogens is 307 g/mol. The Morgan fingerprint density at radius 2 is 1.83 bits per heavy atom. The van der Waals surface area contributed by atoms with E-state index >= 15 is 0 Å². The van der Waals surface area contributed by atoms with E-state index in [1.54, 1.807) is 11.3 Å². The molecule has 2 heterocycles. The second-order valence-corrected chi connectivity index (χ2v) is 8.85. The van der Waals surface area contributed by atoms with E-state index in [0.717, 1.165) is 23.8 Å². The van der Waals surface area contributed by atoms with Crippen LogP contribution in [0.1, 0.15) is 45.5 Å². The van der Waals surface area contributed by atoms with E-state index in [1.165, 1.54) is 9.71 Å². The lowest BCUT2D eigenvalue weighted by molar-refractivity contribution is 0.00578. The summed E-state index contributed by atoms with van der Waals surface area (Å²) in [6.45, 7) is 8.99. The Labute approximate surface area is 141 Å². The van der Waals surface area contributed by atoms with Crippen molar-refractivity contribution in [3.63, 3.8) is 0 Å². The predicted molar refractivity (Wildman–Crippen MR) is 95.3 cm³/mol. The molecule has 0 amide bonds. The van der Waals surface area contributed by atoms with Crippen molar-refractivity contribution < 1.29 is 9.31 Å². The third-order valence-corrected chi connectivity index (χ3v) is 6.92. The Hall–Kier alpha value is -0.945. The van der Waals surface area contributed by atoms with Crippen LogP contribution in [0.25, 0.3) is 10.2 Å². The molecular formula is C17H23BN2O2S. The monoisotopic (exact) mass is 330 g/mol. The molecule has 1 aliphatic carbocycles. The first-order valence-electron chi connectivity index (χ1n) is 8.23. The van der Waals surface area contributed by atoms with Gasteiger partial charge in [0.25, 0.3) is 0 Å². The maximum absolute atomic E-state index is 6.14. The van der Waals surface area contributed by atoms with Crippen LogP contribution in [0, 0.1) is 0 Å². The van der Waals surface area contributed by atoms with Crippen molar-refractivity contribution >= 4 is 34.1 Å². The Morgan fingerprint density at radius 1 is 1.17 bits per heavy atom. The van der Waals surface area contributed by atoms with Gasteiger partial charge in [0.1, 0.15) is 5.01 Å². The van der Waals surface area contributed by atoms with Crippen LogP contribution >= 0.6 is 11.3 Å². The summed E-state index contributed by atoms with van der Waals surface area (Å²) in [4.78, 5) is 4.85. The second-order valence-electron chi connectivity index (χ2n) is 7.82. The average molecular weight is 330 g/mol. The summed E-state index contributed by atoms with van der Waals surface area (Å²) in [5.41, 5.74) is 7.50. The van der Waals surface area contributed by atoms with E-state index in [4.69, 9.17) is 20.0 Å². The van der Waals surface area contributed by atoms with Crippen molar-refractivity contribution in [2.45, 2.75) is 57.2 Å². The summed E-state index contributed by atoms with van der Waals surface area (Å²) in [5, 5.41) is 1.18. The highest BCUT2D eigenvalue weighted by Crippen LogP contribution is 2.49. The molecule has 2 aliphatic rings. The van der Waals surface area contributed by atoms with Crippen LogP contribution in [0.15, 0.2) is 18.2 Å². The van der Waals surface area contributed by atoms with E-state index in [0.29, 0.717) is 6.54 Å². The van der Waals surface area contributed by atoms with Gasteiger partial charge in [0, 0.05) is 12.0 Å². The lowest BCUT2D eigenvalue weighted by Crippen LogP contribution is -2.41. The maximum atomic E-state index is 6.14. The molecule has 23 heavy (non-hydrogen) atoms. The Balaban J connectivity index is 1.68. The fourth-order valence-electron chi connectivity index (χ4n) is 2.95. The summed E-state index contributed by atoms with van der Waals surface area (Å²) in [6, 6.07) is 6.32. The first-order valence-corrected chi connectivity index (χ1v) is 9.05. The van der Waals surface area contributed by atoms with Crippen LogP contribution in [0.3, 0.4) is 0 Å². The molecule has 0 atom stereocenters. The molecule has 4 nitrogen and oxygen atoms in total. The van der Waals surface area contributed by atoms with Gasteiger partial charge in [-0.1, -0.05) is 6.07 Å². The van der Waals surface area contributed by atoms with Crippen molar-refractivity contribution in [3.05, 3.63) is 23.2 Å². The molecule has 0 spiro atoms. The average Bonchev–Trinajstić information content (AvgIpc) is 3.11. The molecule has 1 aromatic carbocycles. The number of hydrogen-bond donors (Lipinski definition) is 1. The zero-order valence-electron chi connectivity index (χ0n) is 14.2. The zero-order chi connectivity index (χ0) is 16.5. The minimum absolute atomic E-state index is 0.147. The van der Waals surface area contributed by atoms with Gasteiger partial charge in [-0.2, -0.15) is 0 Å². The molecule has 1 saturated carbocycles.